The third kappa shape index (κ3) is 3.77. The Morgan fingerprint density at radius 3 is 2.50 bits per heavy atom. The average molecular weight is 433 g/mol. The van der Waals surface area contributed by atoms with Gasteiger partial charge in [0.2, 0.25) is 0 Å². The molecular weight excluding hydrogens is 419 g/mol. The van der Waals surface area contributed by atoms with Crippen molar-refractivity contribution in [1.82, 2.24) is 0 Å². The number of rotatable bonds is 4. The van der Waals surface area contributed by atoms with Gasteiger partial charge in [-0.1, -0.05) is 37.1 Å². The monoisotopic (exact) mass is 433 g/mol. The number of sulfone groups is 1. The molecule has 97 valence electrons. The molecule has 18 heavy (non-hydrogen) atoms. The number of ketones is 1. The Balaban J connectivity index is 0.00000162. The number of Topliss-reactive ketones (excluding diaryl/α,β-unsaturated/α-hetero) is 1. The summed E-state index contributed by atoms with van der Waals surface area (Å²) in [6.07, 6.45) is 1.56. The molecule has 6 heteroatoms. The molecule has 0 N–H and O–H groups in total. The Bertz CT molecular complexity index is 495. The van der Waals surface area contributed by atoms with E-state index in [0.29, 0.717) is 13.0 Å². The molecule has 0 bridgehead atoms. The summed E-state index contributed by atoms with van der Waals surface area (Å²) in [5.74, 6) is -0.725. The first-order chi connectivity index (χ1) is 8.09. The van der Waals surface area contributed by atoms with Gasteiger partial charge in [0.25, 0.3) is 0 Å². The quantitative estimate of drug-likeness (QED) is 0.724. The van der Waals surface area contributed by atoms with E-state index in [9.17, 15) is 13.2 Å². The van der Waals surface area contributed by atoms with Crippen LogP contribution in [-0.2, 0) is 37.0 Å². The van der Waals surface area contributed by atoms with E-state index in [1.54, 1.807) is 18.2 Å². The van der Waals surface area contributed by atoms with Crippen molar-refractivity contribution in [3.8, 4) is 0 Å². The summed E-state index contributed by atoms with van der Waals surface area (Å²) in [5, 5.41) is 4.10. The van der Waals surface area contributed by atoms with Crippen LogP contribution in [0.1, 0.15) is 12.8 Å². The van der Waals surface area contributed by atoms with Gasteiger partial charge in [-0.15, -0.1) is 6.54 Å². The smallest absolute Gasteiger partial charge is 0.185 e. The number of carbonyl (C=O) groups excluding carboxylic acids is 1. The molecule has 1 aromatic carbocycles. The molecule has 0 aromatic heterocycles. The van der Waals surface area contributed by atoms with Crippen LogP contribution in [0.2, 0.25) is 0 Å². The van der Waals surface area contributed by atoms with Gasteiger partial charge >= 0.3 is 0 Å². The number of hydrogen-bond acceptors (Lipinski definition) is 3. The molecule has 1 aliphatic heterocycles. The van der Waals surface area contributed by atoms with E-state index in [1.165, 1.54) is 12.1 Å². The molecule has 1 aliphatic rings. The Hall–Kier alpha value is -0.460. The Morgan fingerprint density at radius 2 is 1.94 bits per heavy atom. The standard InChI is InChI=1S/C12H14NO3S.Ta/c14-12(11-7-4-8-13-11)9-17(15,16)10-5-2-1-3-6-10;/h1-3,5-6,11H,4,7-9H2;/q-1;. The van der Waals surface area contributed by atoms with E-state index in [0.717, 1.165) is 6.42 Å². The van der Waals surface area contributed by atoms with Crippen molar-refractivity contribution in [3.05, 3.63) is 35.6 Å². The zero-order valence-corrected chi connectivity index (χ0v) is 13.8. The molecule has 1 fully saturated rings. The minimum Gasteiger partial charge on any atom is -0.653 e. The minimum atomic E-state index is -3.51. The van der Waals surface area contributed by atoms with Gasteiger partial charge in [0, 0.05) is 22.4 Å². The summed E-state index contributed by atoms with van der Waals surface area (Å²) in [6.45, 7) is 0.668. The number of benzene rings is 1. The summed E-state index contributed by atoms with van der Waals surface area (Å²) in [6, 6.07) is 7.65. The fraction of sp³-hybridized carbons (Fsp3) is 0.417. The maximum absolute atomic E-state index is 11.9. The third-order valence-electron chi connectivity index (χ3n) is 2.79. The van der Waals surface area contributed by atoms with E-state index < -0.39 is 21.6 Å². The first-order valence-electron chi connectivity index (χ1n) is 5.57. The van der Waals surface area contributed by atoms with Crippen LogP contribution in [0.25, 0.3) is 5.32 Å². The maximum atomic E-state index is 11.9. The van der Waals surface area contributed by atoms with E-state index in [4.69, 9.17) is 0 Å². The topological polar surface area (TPSA) is 65.3 Å². The van der Waals surface area contributed by atoms with Crippen molar-refractivity contribution >= 4 is 15.6 Å². The molecule has 1 unspecified atom stereocenters. The minimum absolute atomic E-state index is 0. The predicted octanol–water partition coefficient (Wildman–Crippen LogP) is 1.56. The van der Waals surface area contributed by atoms with Gasteiger partial charge in [0.05, 0.1) is 4.90 Å². The van der Waals surface area contributed by atoms with Gasteiger partial charge in [-0.05, 0) is 12.1 Å². The fourth-order valence-corrected chi connectivity index (χ4v) is 3.19. The van der Waals surface area contributed by atoms with Crippen LogP contribution in [0.5, 0.6) is 0 Å². The summed E-state index contributed by atoms with van der Waals surface area (Å²) in [5.41, 5.74) is 0. The molecule has 0 amide bonds. The molecule has 2 rings (SSSR count). The maximum Gasteiger partial charge on any atom is 0.185 e. The normalized spacial score (nSPS) is 19.2. The van der Waals surface area contributed by atoms with Crippen molar-refractivity contribution in [2.75, 3.05) is 12.3 Å². The van der Waals surface area contributed by atoms with E-state index in [-0.39, 0.29) is 33.1 Å². The van der Waals surface area contributed by atoms with Crippen LogP contribution in [-0.4, -0.2) is 32.5 Å². The summed E-state index contributed by atoms with van der Waals surface area (Å²) in [4.78, 5) is 12.0. The molecule has 1 aromatic rings. The second-order valence-corrected chi connectivity index (χ2v) is 6.09. The van der Waals surface area contributed by atoms with Gasteiger partial charge in [-0.3, -0.25) is 0 Å². The molecule has 1 atom stereocenters. The van der Waals surface area contributed by atoms with Crippen LogP contribution >= 0.6 is 0 Å². The van der Waals surface area contributed by atoms with Crippen molar-refractivity contribution in [3.63, 3.8) is 0 Å². The molecule has 0 saturated carbocycles. The predicted molar refractivity (Wildman–Crippen MR) is 64.7 cm³/mol. The molecule has 0 spiro atoms. The van der Waals surface area contributed by atoms with Gasteiger partial charge < -0.3 is 10.1 Å². The molecule has 0 aliphatic carbocycles. The summed E-state index contributed by atoms with van der Waals surface area (Å²) >= 11 is 0. The van der Waals surface area contributed by atoms with Crippen LogP contribution in [0.15, 0.2) is 35.2 Å². The van der Waals surface area contributed by atoms with Gasteiger partial charge in [-0.2, -0.15) is 0 Å². The molecule has 1 saturated heterocycles. The first kappa shape index (κ1) is 15.6. The second-order valence-electron chi connectivity index (χ2n) is 4.10. The Labute approximate surface area is 123 Å². The van der Waals surface area contributed by atoms with Crippen LogP contribution in [0.3, 0.4) is 0 Å². The van der Waals surface area contributed by atoms with Crippen molar-refractivity contribution in [1.29, 1.82) is 0 Å². The fourth-order valence-electron chi connectivity index (χ4n) is 1.88. The van der Waals surface area contributed by atoms with Gasteiger partial charge in [-0.25, -0.2) is 8.42 Å². The van der Waals surface area contributed by atoms with Crippen molar-refractivity contribution in [2.45, 2.75) is 23.8 Å². The van der Waals surface area contributed by atoms with Gasteiger partial charge in [0.1, 0.15) is 11.5 Å². The Kier molecular flexibility index (Phi) is 5.75. The van der Waals surface area contributed by atoms with Crippen molar-refractivity contribution in [2.24, 2.45) is 0 Å². The molecule has 1 radical (unpaired) electrons. The van der Waals surface area contributed by atoms with E-state index in [2.05, 4.69) is 5.32 Å². The number of nitrogens with zero attached hydrogens (tertiary/aromatic N) is 1. The average Bonchev–Trinajstić information content (AvgIpc) is 2.83. The largest absolute Gasteiger partial charge is 0.653 e. The number of carbonyl (C=O) groups is 1. The second kappa shape index (κ2) is 6.63. The first-order valence-corrected chi connectivity index (χ1v) is 7.22. The van der Waals surface area contributed by atoms with Gasteiger partial charge in [0.15, 0.2) is 9.84 Å². The SMILES string of the molecule is O=C(CS(=O)(=O)c1ccccc1)C1CCC[N-]1.[Ta]. The van der Waals surface area contributed by atoms with E-state index in [1.807, 2.05) is 0 Å². The van der Waals surface area contributed by atoms with Crippen LogP contribution in [0.4, 0.5) is 0 Å². The zero-order valence-electron chi connectivity index (χ0n) is 9.82. The zero-order chi connectivity index (χ0) is 12.3. The molecule has 1 heterocycles. The van der Waals surface area contributed by atoms with Crippen LogP contribution in [0, 0.1) is 0 Å². The van der Waals surface area contributed by atoms with Crippen molar-refractivity contribution < 1.29 is 35.6 Å². The summed E-state index contributed by atoms with van der Waals surface area (Å²) in [7, 11) is -3.51. The molecule has 4 nitrogen and oxygen atoms in total. The summed E-state index contributed by atoms with van der Waals surface area (Å²) < 4.78 is 23.9. The Morgan fingerprint density at radius 1 is 1.28 bits per heavy atom. The van der Waals surface area contributed by atoms with E-state index >= 15 is 0 Å². The van der Waals surface area contributed by atoms with Crippen LogP contribution < -0.4 is 0 Å². The molecular formula is C12H14NO3STa-. The number of hydrogen-bond donors (Lipinski definition) is 0. The third-order valence-corrected chi connectivity index (χ3v) is 4.45.